The molecule has 0 amide bonds. The monoisotopic (exact) mass is 312 g/mol. The molecule has 0 radical (unpaired) electrons. The van der Waals surface area contributed by atoms with E-state index in [-0.39, 0.29) is 6.04 Å². The van der Waals surface area contributed by atoms with Crippen molar-refractivity contribution in [3.05, 3.63) is 29.8 Å². The van der Waals surface area contributed by atoms with E-state index in [1.165, 1.54) is 0 Å². The molecular weight excluding hydrogens is 284 g/mol. The van der Waals surface area contributed by atoms with E-state index < -0.39 is 10.0 Å². The van der Waals surface area contributed by atoms with Crippen LogP contribution in [0, 0.1) is 0 Å². The fraction of sp³-hybridized carbons (Fsp3) is 0.625. The smallest absolute Gasteiger partial charge is 0.241 e. The van der Waals surface area contributed by atoms with Gasteiger partial charge in [0.2, 0.25) is 10.0 Å². The number of sulfonamides is 1. The van der Waals surface area contributed by atoms with Crippen LogP contribution in [0.3, 0.4) is 0 Å². The zero-order valence-corrected chi connectivity index (χ0v) is 14.2. The van der Waals surface area contributed by atoms with Gasteiger partial charge in [0.15, 0.2) is 0 Å². The summed E-state index contributed by atoms with van der Waals surface area (Å²) in [6, 6.07) is 7.23. The van der Waals surface area contributed by atoms with E-state index in [1.54, 1.807) is 12.1 Å². The van der Waals surface area contributed by atoms with Crippen LogP contribution >= 0.6 is 0 Å². The van der Waals surface area contributed by atoms with E-state index in [0.717, 1.165) is 37.8 Å². The molecule has 0 spiro atoms. The number of rotatable bonds is 10. The molecule has 120 valence electrons. The van der Waals surface area contributed by atoms with Crippen molar-refractivity contribution in [3.8, 4) is 0 Å². The van der Waals surface area contributed by atoms with Gasteiger partial charge in [0.05, 0.1) is 4.90 Å². The lowest BCUT2D eigenvalue weighted by atomic mass is 10.1. The Balaban J connectivity index is 2.91. The molecule has 0 fully saturated rings. The van der Waals surface area contributed by atoms with Crippen molar-refractivity contribution < 1.29 is 8.42 Å². The Morgan fingerprint density at radius 2 is 1.81 bits per heavy atom. The fourth-order valence-electron chi connectivity index (χ4n) is 2.29. The Kier molecular flexibility index (Phi) is 7.93. The van der Waals surface area contributed by atoms with Crippen molar-refractivity contribution in [3.63, 3.8) is 0 Å². The van der Waals surface area contributed by atoms with E-state index in [1.807, 2.05) is 19.1 Å². The van der Waals surface area contributed by atoms with Gasteiger partial charge in [-0.15, -0.1) is 0 Å². The maximum Gasteiger partial charge on any atom is 0.241 e. The second kappa shape index (κ2) is 9.18. The highest BCUT2D eigenvalue weighted by Gasteiger charge is 2.21. The lowest BCUT2D eigenvalue weighted by Crippen LogP contribution is -2.35. The van der Waals surface area contributed by atoms with Crippen LogP contribution in [-0.2, 0) is 16.6 Å². The topological polar surface area (TPSA) is 58.2 Å². The van der Waals surface area contributed by atoms with Crippen LogP contribution in [0.4, 0.5) is 0 Å². The summed E-state index contributed by atoms with van der Waals surface area (Å²) in [5.74, 6) is 0. The van der Waals surface area contributed by atoms with E-state index in [4.69, 9.17) is 0 Å². The molecule has 1 unspecified atom stereocenters. The zero-order chi connectivity index (χ0) is 15.7. The van der Waals surface area contributed by atoms with Crippen molar-refractivity contribution in [1.82, 2.24) is 10.0 Å². The Labute approximate surface area is 129 Å². The van der Waals surface area contributed by atoms with Gasteiger partial charge in [-0.2, -0.15) is 0 Å². The third-order valence-corrected chi connectivity index (χ3v) is 5.08. The molecule has 2 N–H and O–H groups in total. The summed E-state index contributed by atoms with van der Waals surface area (Å²) in [5.41, 5.74) is 0.824. The third-order valence-electron chi connectivity index (χ3n) is 3.46. The molecule has 1 aromatic carbocycles. The summed E-state index contributed by atoms with van der Waals surface area (Å²) in [4.78, 5) is 0.392. The van der Waals surface area contributed by atoms with Crippen LogP contribution in [0.15, 0.2) is 29.2 Å². The predicted octanol–water partition coefficient (Wildman–Crippen LogP) is 3.04. The number of nitrogens with one attached hydrogen (secondary N) is 2. The lowest BCUT2D eigenvalue weighted by Gasteiger charge is -2.18. The van der Waals surface area contributed by atoms with Gasteiger partial charge in [-0.1, -0.05) is 45.4 Å². The summed E-state index contributed by atoms with van der Waals surface area (Å²) < 4.78 is 28.0. The van der Waals surface area contributed by atoms with Gasteiger partial charge in [-0.25, -0.2) is 13.1 Å². The minimum atomic E-state index is -3.45. The van der Waals surface area contributed by atoms with Crippen LogP contribution in [0.25, 0.3) is 0 Å². The highest BCUT2D eigenvalue weighted by Crippen LogP contribution is 2.17. The van der Waals surface area contributed by atoms with Crippen LogP contribution in [0.5, 0.6) is 0 Å². The fourth-order valence-corrected chi connectivity index (χ4v) is 3.88. The predicted molar refractivity (Wildman–Crippen MR) is 87.7 cm³/mol. The molecule has 1 aromatic rings. The summed E-state index contributed by atoms with van der Waals surface area (Å²) in [6.45, 7) is 7.63. The van der Waals surface area contributed by atoms with Crippen molar-refractivity contribution in [2.24, 2.45) is 0 Å². The molecule has 0 aromatic heterocycles. The summed E-state index contributed by atoms with van der Waals surface area (Å²) in [7, 11) is -3.45. The Bertz CT molecular complexity index is 515. The number of hydrogen-bond donors (Lipinski definition) is 2. The molecule has 0 saturated carbocycles. The molecule has 5 heteroatoms. The molecule has 1 atom stereocenters. The van der Waals surface area contributed by atoms with Crippen molar-refractivity contribution in [1.29, 1.82) is 0 Å². The minimum Gasteiger partial charge on any atom is -0.313 e. The third kappa shape index (κ3) is 5.77. The molecule has 0 aliphatic heterocycles. The van der Waals surface area contributed by atoms with Gasteiger partial charge < -0.3 is 5.32 Å². The van der Waals surface area contributed by atoms with E-state index in [9.17, 15) is 8.42 Å². The number of benzene rings is 1. The first-order valence-electron chi connectivity index (χ1n) is 7.86. The molecule has 4 nitrogen and oxygen atoms in total. The maximum atomic E-state index is 12.6. The van der Waals surface area contributed by atoms with Gasteiger partial charge in [0, 0.05) is 12.6 Å². The molecule has 0 aliphatic rings. The molecule has 21 heavy (non-hydrogen) atoms. The molecule has 0 aliphatic carbocycles. The average molecular weight is 312 g/mol. The summed E-state index contributed by atoms with van der Waals surface area (Å²) >= 11 is 0. The first kappa shape index (κ1) is 18.1. The lowest BCUT2D eigenvalue weighted by molar-refractivity contribution is 0.511. The van der Waals surface area contributed by atoms with E-state index in [2.05, 4.69) is 23.9 Å². The van der Waals surface area contributed by atoms with Crippen LogP contribution in [0.1, 0.15) is 52.0 Å². The summed E-state index contributed by atoms with van der Waals surface area (Å²) in [6.07, 6.45) is 3.68. The standard InChI is InChI=1S/C16H28N2O2S/c1-4-9-15(6-3)18-21(19,20)16-11-8-7-10-14(16)13-17-12-5-2/h7-8,10-11,15,17-18H,4-6,9,12-13H2,1-3H3. The van der Waals surface area contributed by atoms with Gasteiger partial charge in [-0.05, 0) is 37.4 Å². The molecular formula is C16H28N2O2S. The molecule has 0 heterocycles. The average Bonchev–Trinajstić information content (AvgIpc) is 2.47. The zero-order valence-electron chi connectivity index (χ0n) is 13.4. The van der Waals surface area contributed by atoms with Crippen LogP contribution in [-0.4, -0.2) is 21.0 Å². The Morgan fingerprint density at radius 1 is 1.10 bits per heavy atom. The quantitative estimate of drug-likeness (QED) is 0.653. The molecule has 0 bridgehead atoms. The van der Waals surface area contributed by atoms with Gasteiger partial charge in [0.1, 0.15) is 0 Å². The van der Waals surface area contributed by atoms with Crippen LogP contribution in [0.2, 0.25) is 0 Å². The normalized spacial score (nSPS) is 13.3. The van der Waals surface area contributed by atoms with Crippen molar-refractivity contribution >= 4 is 10.0 Å². The Hall–Kier alpha value is -0.910. The highest BCUT2D eigenvalue weighted by atomic mass is 32.2. The minimum absolute atomic E-state index is 0.0108. The largest absolute Gasteiger partial charge is 0.313 e. The highest BCUT2D eigenvalue weighted by molar-refractivity contribution is 7.89. The van der Waals surface area contributed by atoms with Crippen LogP contribution < -0.4 is 10.0 Å². The first-order valence-corrected chi connectivity index (χ1v) is 9.34. The number of hydrogen-bond acceptors (Lipinski definition) is 3. The SMILES string of the molecule is CCCNCc1ccccc1S(=O)(=O)NC(CC)CCC. The Morgan fingerprint density at radius 3 is 2.43 bits per heavy atom. The van der Waals surface area contributed by atoms with E-state index >= 15 is 0 Å². The second-order valence-electron chi connectivity index (χ2n) is 5.30. The van der Waals surface area contributed by atoms with Gasteiger partial charge >= 0.3 is 0 Å². The van der Waals surface area contributed by atoms with Gasteiger partial charge in [0.25, 0.3) is 0 Å². The van der Waals surface area contributed by atoms with Crippen molar-refractivity contribution in [2.75, 3.05) is 6.54 Å². The summed E-state index contributed by atoms with van der Waals surface area (Å²) in [5, 5.41) is 3.26. The van der Waals surface area contributed by atoms with Crippen molar-refractivity contribution in [2.45, 2.75) is 63.9 Å². The van der Waals surface area contributed by atoms with Gasteiger partial charge in [-0.3, -0.25) is 0 Å². The molecule has 0 saturated heterocycles. The van der Waals surface area contributed by atoms with E-state index in [0.29, 0.717) is 11.4 Å². The second-order valence-corrected chi connectivity index (χ2v) is 6.98. The molecule has 1 rings (SSSR count). The maximum absolute atomic E-state index is 12.6. The first-order chi connectivity index (χ1) is 10.0.